The van der Waals surface area contributed by atoms with E-state index in [-0.39, 0.29) is 11.8 Å². The fourth-order valence-corrected chi connectivity index (χ4v) is 5.82. The number of hydrogen-bond acceptors (Lipinski definition) is 6. The van der Waals surface area contributed by atoms with Gasteiger partial charge >= 0.3 is 0 Å². The first-order valence-electron chi connectivity index (χ1n) is 12.0. The molecular formula is C26H27ClN6O2S. The normalized spacial score (nSPS) is 17.2. The largest absolute Gasteiger partial charge is 0.336 e. The third-order valence-corrected chi connectivity index (χ3v) is 8.15. The molecule has 0 bridgehead atoms. The van der Waals surface area contributed by atoms with Crippen molar-refractivity contribution >= 4 is 44.8 Å². The SMILES string of the molecule is CC1(C(=O)N(CCCc2nnn[nH]2)Cc2ccc(Cl)cc2)CCN1C(=O)Cc1csc2ccccc12. The molecule has 0 spiro atoms. The van der Waals surface area contributed by atoms with Gasteiger partial charge in [0, 0.05) is 35.8 Å². The van der Waals surface area contributed by atoms with Gasteiger partial charge in [0.05, 0.1) is 6.42 Å². The summed E-state index contributed by atoms with van der Waals surface area (Å²) in [6, 6.07) is 15.6. The molecule has 2 aromatic heterocycles. The predicted octanol–water partition coefficient (Wildman–Crippen LogP) is 4.26. The summed E-state index contributed by atoms with van der Waals surface area (Å²) in [5, 5.41) is 17.7. The third-order valence-electron chi connectivity index (χ3n) is 6.89. The van der Waals surface area contributed by atoms with Crippen molar-refractivity contribution in [3.8, 4) is 0 Å². The van der Waals surface area contributed by atoms with Crippen molar-refractivity contribution in [2.24, 2.45) is 0 Å². The smallest absolute Gasteiger partial charge is 0.248 e. The number of aromatic nitrogens is 4. The second-order valence-electron chi connectivity index (χ2n) is 9.31. The van der Waals surface area contributed by atoms with Crippen LogP contribution >= 0.6 is 22.9 Å². The van der Waals surface area contributed by atoms with Crippen LogP contribution in [0.15, 0.2) is 53.9 Å². The number of tetrazole rings is 1. The number of likely N-dealkylation sites (tertiary alicyclic amines) is 1. The molecule has 0 radical (unpaired) electrons. The lowest BCUT2D eigenvalue weighted by molar-refractivity contribution is -0.164. The number of H-pyrrole nitrogens is 1. The first-order valence-corrected chi connectivity index (χ1v) is 13.2. The average molecular weight is 523 g/mol. The number of carbonyl (C=O) groups is 2. The maximum Gasteiger partial charge on any atom is 0.248 e. The summed E-state index contributed by atoms with van der Waals surface area (Å²) in [7, 11) is 0. The Kier molecular flexibility index (Phi) is 7.02. The highest BCUT2D eigenvalue weighted by Crippen LogP contribution is 2.35. The summed E-state index contributed by atoms with van der Waals surface area (Å²) in [6.07, 6.45) is 2.26. The number of hydrogen-bond donors (Lipinski definition) is 1. The Hall–Kier alpha value is -3.30. The van der Waals surface area contributed by atoms with Gasteiger partial charge in [0.15, 0.2) is 0 Å². The summed E-state index contributed by atoms with van der Waals surface area (Å²) in [5.74, 6) is 0.631. The van der Waals surface area contributed by atoms with Crippen molar-refractivity contribution < 1.29 is 9.59 Å². The second kappa shape index (κ2) is 10.4. The number of aryl methyl sites for hydroxylation is 1. The van der Waals surface area contributed by atoms with Crippen LogP contribution in [0.25, 0.3) is 10.1 Å². The molecule has 2 amide bonds. The van der Waals surface area contributed by atoms with Crippen LogP contribution in [0.1, 0.15) is 36.7 Å². The van der Waals surface area contributed by atoms with E-state index in [1.807, 2.05) is 59.7 Å². The van der Waals surface area contributed by atoms with Crippen LogP contribution < -0.4 is 0 Å². The number of nitrogens with one attached hydrogen (secondary N) is 1. The number of aromatic amines is 1. The molecule has 0 saturated carbocycles. The molecule has 3 heterocycles. The molecular weight excluding hydrogens is 496 g/mol. The summed E-state index contributed by atoms with van der Waals surface area (Å²) in [5.41, 5.74) is 1.14. The van der Waals surface area contributed by atoms with E-state index < -0.39 is 5.54 Å². The highest BCUT2D eigenvalue weighted by Gasteiger charge is 2.50. The highest BCUT2D eigenvalue weighted by atomic mass is 35.5. The van der Waals surface area contributed by atoms with Crippen LogP contribution in [0.4, 0.5) is 0 Å². The quantitative estimate of drug-likeness (QED) is 0.354. The Morgan fingerprint density at radius 1 is 1.19 bits per heavy atom. The molecule has 10 heteroatoms. The van der Waals surface area contributed by atoms with Crippen molar-refractivity contribution in [3.63, 3.8) is 0 Å². The van der Waals surface area contributed by atoms with Gasteiger partial charge in [-0.25, -0.2) is 5.10 Å². The molecule has 5 rings (SSSR count). The number of thiophene rings is 1. The summed E-state index contributed by atoms with van der Waals surface area (Å²) >= 11 is 7.70. The van der Waals surface area contributed by atoms with Crippen LogP contribution in [0.5, 0.6) is 0 Å². The van der Waals surface area contributed by atoms with Gasteiger partial charge in [-0.15, -0.1) is 16.4 Å². The number of halogens is 1. The number of fused-ring (bicyclic) bond motifs is 1. The first-order chi connectivity index (χ1) is 17.4. The molecule has 0 aliphatic carbocycles. The van der Waals surface area contributed by atoms with E-state index >= 15 is 0 Å². The topological polar surface area (TPSA) is 95.1 Å². The molecule has 36 heavy (non-hydrogen) atoms. The fourth-order valence-electron chi connectivity index (χ4n) is 4.73. The molecule has 186 valence electrons. The maximum absolute atomic E-state index is 13.9. The molecule has 2 aromatic carbocycles. The zero-order valence-corrected chi connectivity index (χ0v) is 21.6. The lowest BCUT2D eigenvalue weighted by atomic mass is 9.84. The lowest BCUT2D eigenvalue weighted by Gasteiger charge is -2.51. The maximum atomic E-state index is 13.9. The average Bonchev–Trinajstić information content (AvgIpc) is 3.53. The van der Waals surface area contributed by atoms with Crippen LogP contribution in [-0.4, -0.2) is 60.9 Å². The third kappa shape index (κ3) is 4.99. The van der Waals surface area contributed by atoms with Crippen LogP contribution in [0.3, 0.4) is 0 Å². The van der Waals surface area contributed by atoms with Crippen molar-refractivity contribution in [3.05, 3.63) is 75.9 Å². The fraction of sp³-hybridized carbons (Fsp3) is 0.346. The number of benzene rings is 2. The van der Waals surface area contributed by atoms with Gasteiger partial charge in [-0.2, -0.15) is 0 Å². The Morgan fingerprint density at radius 2 is 2.00 bits per heavy atom. The minimum absolute atomic E-state index is 0.0140. The van der Waals surface area contributed by atoms with E-state index in [9.17, 15) is 9.59 Å². The van der Waals surface area contributed by atoms with Gasteiger partial charge in [0.2, 0.25) is 11.8 Å². The molecule has 4 aromatic rings. The Morgan fingerprint density at radius 3 is 2.72 bits per heavy atom. The molecule has 1 saturated heterocycles. The van der Waals surface area contributed by atoms with Gasteiger partial charge in [-0.05, 0) is 70.3 Å². The summed E-state index contributed by atoms with van der Waals surface area (Å²) in [4.78, 5) is 30.9. The predicted molar refractivity (Wildman–Crippen MR) is 140 cm³/mol. The van der Waals surface area contributed by atoms with Crippen molar-refractivity contribution in [1.29, 1.82) is 0 Å². The lowest BCUT2D eigenvalue weighted by Crippen LogP contribution is -2.68. The minimum Gasteiger partial charge on any atom is -0.336 e. The number of rotatable bonds is 9. The Balaban J connectivity index is 1.31. The van der Waals surface area contributed by atoms with Crippen molar-refractivity contribution in [2.75, 3.05) is 13.1 Å². The van der Waals surface area contributed by atoms with Crippen molar-refractivity contribution in [2.45, 2.75) is 44.7 Å². The van der Waals surface area contributed by atoms with Gasteiger partial charge in [-0.3, -0.25) is 9.59 Å². The van der Waals surface area contributed by atoms with E-state index in [0.717, 1.165) is 16.5 Å². The molecule has 1 atom stereocenters. The summed E-state index contributed by atoms with van der Waals surface area (Å²) in [6.45, 7) is 3.44. The van der Waals surface area contributed by atoms with Gasteiger partial charge in [0.25, 0.3) is 0 Å². The van der Waals surface area contributed by atoms with Crippen molar-refractivity contribution in [1.82, 2.24) is 30.4 Å². The second-order valence-corrected chi connectivity index (χ2v) is 10.7. The Bertz CT molecular complexity index is 1360. The van der Waals surface area contributed by atoms with E-state index in [1.54, 1.807) is 16.2 Å². The molecule has 8 nitrogen and oxygen atoms in total. The van der Waals surface area contributed by atoms with Gasteiger partial charge in [0.1, 0.15) is 11.4 Å². The monoisotopic (exact) mass is 522 g/mol. The molecule has 1 unspecified atom stereocenters. The van der Waals surface area contributed by atoms with Crippen LogP contribution in [0.2, 0.25) is 5.02 Å². The Labute approximate surface area is 218 Å². The van der Waals surface area contributed by atoms with Crippen LogP contribution in [0, 0.1) is 0 Å². The molecule has 1 aliphatic rings. The zero-order valence-electron chi connectivity index (χ0n) is 20.0. The number of carbonyl (C=O) groups excluding carboxylic acids is 2. The number of nitrogens with zero attached hydrogens (tertiary/aromatic N) is 5. The molecule has 1 N–H and O–H groups in total. The van der Waals surface area contributed by atoms with Gasteiger partial charge < -0.3 is 9.80 Å². The van der Waals surface area contributed by atoms with Gasteiger partial charge in [-0.1, -0.05) is 41.9 Å². The van der Waals surface area contributed by atoms with E-state index in [4.69, 9.17) is 11.6 Å². The standard InChI is InChI=1S/C26H27ClN6O2S/c1-26(12-14-33(26)24(34)15-19-17-36-22-6-3-2-5-21(19)22)25(35)32(13-4-7-23-28-30-31-29-23)16-18-8-10-20(27)11-9-18/h2-3,5-6,8-11,17H,4,7,12-16H2,1H3,(H,28,29,30,31). The summed E-state index contributed by atoms with van der Waals surface area (Å²) < 4.78 is 1.17. The minimum atomic E-state index is -0.858. The van der Waals surface area contributed by atoms with E-state index in [2.05, 4.69) is 26.7 Å². The van der Waals surface area contributed by atoms with E-state index in [0.29, 0.717) is 56.2 Å². The molecule has 1 fully saturated rings. The molecule has 1 aliphatic heterocycles. The van der Waals surface area contributed by atoms with Crippen LogP contribution in [-0.2, 0) is 29.0 Å². The highest BCUT2D eigenvalue weighted by molar-refractivity contribution is 7.17. The zero-order chi connectivity index (χ0) is 25.1. The number of amides is 2. The first kappa shape index (κ1) is 24.4. The van der Waals surface area contributed by atoms with E-state index in [1.165, 1.54) is 4.70 Å².